The fourth-order valence-corrected chi connectivity index (χ4v) is 1.80. The van der Waals surface area contributed by atoms with Crippen LogP contribution in [0, 0.1) is 0 Å². The van der Waals surface area contributed by atoms with Crippen molar-refractivity contribution in [2.24, 2.45) is 5.73 Å². The predicted octanol–water partition coefficient (Wildman–Crippen LogP) is 0.602. The van der Waals surface area contributed by atoms with Gasteiger partial charge in [-0.25, -0.2) is 8.42 Å². The average molecular weight is 277 g/mol. The zero-order valence-electron chi connectivity index (χ0n) is 10.8. The van der Waals surface area contributed by atoms with Crippen LogP contribution in [0.5, 0.6) is 0 Å². The monoisotopic (exact) mass is 277 g/mol. The molecule has 0 fully saturated rings. The molecular weight excluding hydrogens is 258 g/mol. The van der Waals surface area contributed by atoms with Crippen LogP contribution in [-0.2, 0) is 14.6 Å². The Balaban J connectivity index is 2.68. The van der Waals surface area contributed by atoms with Gasteiger partial charge in [-0.05, 0) is 19.8 Å². The molecule has 2 N–H and O–H groups in total. The first-order valence-electron chi connectivity index (χ1n) is 5.63. The number of ether oxygens (including phenoxy) is 1. The first-order chi connectivity index (χ1) is 8.36. The third-order valence-electron chi connectivity index (χ3n) is 2.64. The van der Waals surface area contributed by atoms with E-state index in [1.54, 1.807) is 7.11 Å². The lowest BCUT2D eigenvalue weighted by Gasteiger charge is -2.05. The molecular formula is C10H19N3O4S. The van der Waals surface area contributed by atoms with E-state index in [1.807, 2.05) is 0 Å². The molecule has 1 aromatic rings. The molecule has 0 aliphatic carbocycles. The van der Waals surface area contributed by atoms with Gasteiger partial charge in [-0.1, -0.05) is 5.16 Å². The smallest absolute Gasteiger partial charge is 0.243 e. The summed E-state index contributed by atoms with van der Waals surface area (Å²) in [5.41, 5.74) is 5.86. The number of methoxy groups -OCH3 is 1. The topological polar surface area (TPSA) is 108 Å². The van der Waals surface area contributed by atoms with Gasteiger partial charge in [-0.2, -0.15) is 4.98 Å². The van der Waals surface area contributed by atoms with Crippen molar-refractivity contribution in [1.82, 2.24) is 10.1 Å². The van der Waals surface area contributed by atoms with E-state index in [1.165, 1.54) is 6.92 Å². The third kappa shape index (κ3) is 4.04. The maximum atomic E-state index is 11.4. The zero-order chi connectivity index (χ0) is 13.8. The molecule has 0 amide bonds. The van der Waals surface area contributed by atoms with Gasteiger partial charge in [0.2, 0.25) is 5.89 Å². The number of sulfone groups is 1. The fourth-order valence-electron chi connectivity index (χ4n) is 1.33. The van der Waals surface area contributed by atoms with Gasteiger partial charge < -0.3 is 15.0 Å². The molecule has 0 aromatic carbocycles. The Morgan fingerprint density at radius 2 is 2.17 bits per heavy atom. The minimum atomic E-state index is -3.23. The molecule has 0 saturated heterocycles. The van der Waals surface area contributed by atoms with Crippen LogP contribution >= 0.6 is 0 Å². The molecule has 0 bridgehead atoms. The molecule has 18 heavy (non-hydrogen) atoms. The summed E-state index contributed by atoms with van der Waals surface area (Å²) in [4.78, 5) is 4.03. The number of hydrogen-bond donors (Lipinski definition) is 1. The van der Waals surface area contributed by atoms with Crippen LogP contribution in [0.4, 0.5) is 0 Å². The molecule has 0 spiro atoms. The van der Waals surface area contributed by atoms with Crippen molar-refractivity contribution in [2.75, 3.05) is 20.0 Å². The summed E-state index contributed by atoms with van der Waals surface area (Å²) in [6, 6.07) is -0.395. The van der Waals surface area contributed by atoms with Crippen molar-refractivity contribution in [1.29, 1.82) is 0 Å². The minimum absolute atomic E-state index is 0.148. The molecule has 1 rings (SSSR count). The second-order valence-corrected chi connectivity index (χ2v) is 6.57. The average Bonchev–Trinajstić information content (AvgIpc) is 2.76. The summed E-state index contributed by atoms with van der Waals surface area (Å²) >= 11 is 0. The number of hydrogen-bond acceptors (Lipinski definition) is 7. The van der Waals surface area contributed by atoms with Crippen molar-refractivity contribution in [3.05, 3.63) is 11.7 Å². The Morgan fingerprint density at radius 3 is 2.72 bits per heavy atom. The number of rotatable bonds is 7. The lowest BCUT2D eigenvalue weighted by Crippen LogP contribution is -2.13. The summed E-state index contributed by atoms with van der Waals surface area (Å²) in [6.07, 6.45) is 2.55. The van der Waals surface area contributed by atoms with Crippen LogP contribution in [-0.4, -0.2) is 38.5 Å². The first-order valence-corrected chi connectivity index (χ1v) is 7.58. The molecule has 1 aromatic heterocycles. The maximum absolute atomic E-state index is 11.4. The quantitative estimate of drug-likeness (QED) is 0.727. The summed E-state index contributed by atoms with van der Waals surface area (Å²) in [7, 11) is -1.62. The zero-order valence-corrected chi connectivity index (χ0v) is 11.6. The first kappa shape index (κ1) is 15.1. The molecule has 1 heterocycles. The van der Waals surface area contributed by atoms with Crippen LogP contribution in [0.3, 0.4) is 0 Å². The molecule has 2 atom stereocenters. The van der Waals surface area contributed by atoms with Crippen LogP contribution in [0.25, 0.3) is 0 Å². The summed E-state index contributed by atoms with van der Waals surface area (Å²) in [6.45, 7) is 2.12. The normalized spacial score (nSPS) is 15.6. The van der Waals surface area contributed by atoms with Crippen molar-refractivity contribution in [2.45, 2.75) is 31.1 Å². The highest BCUT2D eigenvalue weighted by Gasteiger charge is 2.24. The van der Waals surface area contributed by atoms with E-state index in [4.69, 9.17) is 15.0 Å². The van der Waals surface area contributed by atoms with Crippen LogP contribution in [0.1, 0.15) is 42.8 Å². The van der Waals surface area contributed by atoms with Gasteiger partial charge in [0.15, 0.2) is 15.7 Å². The largest absolute Gasteiger partial charge is 0.385 e. The molecule has 0 aliphatic heterocycles. The van der Waals surface area contributed by atoms with E-state index >= 15 is 0 Å². The van der Waals surface area contributed by atoms with E-state index in [-0.39, 0.29) is 11.7 Å². The lowest BCUT2D eigenvalue weighted by molar-refractivity contribution is 0.188. The fraction of sp³-hybridized carbons (Fsp3) is 0.800. The molecule has 7 nitrogen and oxygen atoms in total. The van der Waals surface area contributed by atoms with Crippen LogP contribution in [0.2, 0.25) is 0 Å². The molecule has 0 aliphatic rings. The highest BCUT2D eigenvalue weighted by Crippen LogP contribution is 2.20. The maximum Gasteiger partial charge on any atom is 0.243 e. The van der Waals surface area contributed by atoms with Gasteiger partial charge in [0.25, 0.3) is 0 Å². The van der Waals surface area contributed by atoms with E-state index in [0.717, 1.165) is 12.7 Å². The molecule has 8 heteroatoms. The molecule has 2 unspecified atom stereocenters. The minimum Gasteiger partial charge on any atom is -0.385 e. The highest BCUT2D eigenvalue weighted by atomic mass is 32.2. The Bertz CT molecular complexity index is 471. The number of nitrogens with two attached hydrogens (primary N) is 1. The van der Waals surface area contributed by atoms with Crippen molar-refractivity contribution < 1.29 is 17.7 Å². The highest BCUT2D eigenvalue weighted by molar-refractivity contribution is 7.90. The van der Waals surface area contributed by atoms with E-state index in [0.29, 0.717) is 13.0 Å². The second-order valence-electron chi connectivity index (χ2n) is 4.20. The SMILES string of the molecule is COCCCC(N)c1nc(C(C)S(C)(=O)=O)no1. The van der Waals surface area contributed by atoms with Gasteiger partial charge in [0.1, 0.15) is 5.25 Å². The van der Waals surface area contributed by atoms with Gasteiger partial charge in [0, 0.05) is 20.0 Å². The van der Waals surface area contributed by atoms with Gasteiger partial charge in [0.05, 0.1) is 6.04 Å². The summed E-state index contributed by atoms with van der Waals surface area (Å²) in [5.74, 6) is 0.409. The van der Waals surface area contributed by atoms with Crippen molar-refractivity contribution in [3.8, 4) is 0 Å². The van der Waals surface area contributed by atoms with Gasteiger partial charge in [-0.15, -0.1) is 0 Å². The molecule has 0 saturated carbocycles. The lowest BCUT2D eigenvalue weighted by atomic mass is 10.2. The molecule has 104 valence electrons. The van der Waals surface area contributed by atoms with Gasteiger partial charge >= 0.3 is 0 Å². The Kier molecular flexibility index (Phi) is 5.24. The Morgan fingerprint density at radius 1 is 1.50 bits per heavy atom. The van der Waals surface area contributed by atoms with Gasteiger partial charge in [-0.3, -0.25) is 0 Å². The van der Waals surface area contributed by atoms with Crippen LogP contribution in [0.15, 0.2) is 4.52 Å². The Hall–Kier alpha value is -0.990. The standard InChI is InChI=1S/C10H19N3O4S/c1-7(18(3,14)15)9-12-10(17-13-9)8(11)5-4-6-16-2/h7-8H,4-6,11H2,1-3H3. The number of nitrogens with zero attached hydrogens (tertiary/aromatic N) is 2. The van der Waals surface area contributed by atoms with E-state index in [9.17, 15) is 8.42 Å². The van der Waals surface area contributed by atoms with Crippen molar-refractivity contribution >= 4 is 9.84 Å². The second kappa shape index (κ2) is 6.26. The summed E-state index contributed by atoms with van der Waals surface area (Å²) in [5, 5.41) is 2.86. The Labute approximate surface area is 107 Å². The molecule has 0 radical (unpaired) electrons. The van der Waals surface area contributed by atoms with E-state index < -0.39 is 21.1 Å². The van der Waals surface area contributed by atoms with Crippen molar-refractivity contribution in [3.63, 3.8) is 0 Å². The van der Waals surface area contributed by atoms with E-state index in [2.05, 4.69) is 10.1 Å². The summed E-state index contributed by atoms with van der Waals surface area (Å²) < 4.78 is 32.6. The van der Waals surface area contributed by atoms with Crippen LogP contribution < -0.4 is 5.73 Å². The number of aromatic nitrogens is 2. The third-order valence-corrected chi connectivity index (χ3v) is 4.14. The predicted molar refractivity (Wildman–Crippen MR) is 65.6 cm³/mol.